The molecule has 0 fully saturated rings. The number of benzene rings is 1. The monoisotopic (exact) mass is 163 g/mol. The van der Waals surface area contributed by atoms with Crippen LogP contribution in [0.25, 0.3) is 0 Å². The lowest BCUT2D eigenvalue weighted by Gasteiger charge is -2.07. The van der Waals surface area contributed by atoms with Crippen LogP contribution in [0.2, 0.25) is 0 Å². The molecule has 0 radical (unpaired) electrons. The zero-order chi connectivity index (χ0) is 8.97. The number of hydrogen-bond donors (Lipinski definition) is 1. The van der Waals surface area contributed by atoms with Gasteiger partial charge in [0.25, 0.3) is 0 Å². The molecule has 1 N–H and O–H groups in total. The molecule has 0 unspecified atom stereocenters. The van der Waals surface area contributed by atoms with Crippen molar-refractivity contribution in [1.82, 2.24) is 0 Å². The van der Waals surface area contributed by atoms with Crippen LogP contribution in [0.1, 0.15) is 11.7 Å². The predicted octanol–water partition coefficient (Wildman–Crippen LogP) is 1.25. The molecule has 3 nitrogen and oxygen atoms in total. The zero-order valence-corrected chi connectivity index (χ0v) is 6.69. The second kappa shape index (κ2) is 3.74. The molecule has 1 rings (SSSR count). The van der Waals surface area contributed by atoms with Gasteiger partial charge in [-0.05, 0) is 6.07 Å². The van der Waals surface area contributed by atoms with Crippen molar-refractivity contribution < 1.29 is 9.84 Å². The van der Waals surface area contributed by atoms with Crippen molar-refractivity contribution in [2.24, 2.45) is 0 Å². The van der Waals surface area contributed by atoms with Crippen molar-refractivity contribution in [3.63, 3.8) is 0 Å². The Kier molecular flexibility index (Phi) is 2.67. The summed E-state index contributed by atoms with van der Waals surface area (Å²) < 4.78 is 4.96. The minimum Gasteiger partial charge on any atom is -0.496 e. The molecule has 0 aliphatic carbocycles. The lowest BCUT2D eigenvalue weighted by Crippen LogP contribution is -1.96. The Morgan fingerprint density at radius 1 is 1.50 bits per heavy atom. The van der Waals surface area contributed by atoms with Gasteiger partial charge in [0.2, 0.25) is 0 Å². The van der Waals surface area contributed by atoms with Gasteiger partial charge >= 0.3 is 0 Å². The van der Waals surface area contributed by atoms with Crippen molar-refractivity contribution in [2.75, 3.05) is 7.11 Å². The Labute approximate surface area is 70.8 Å². The smallest absolute Gasteiger partial charge is 0.169 e. The molecule has 0 aliphatic rings. The molecular weight excluding hydrogens is 154 g/mol. The molecule has 1 aromatic rings. The van der Waals surface area contributed by atoms with Gasteiger partial charge in [0, 0.05) is 5.56 Å². The third-order valence-corrected chi connectivity index (χ3v) is 1.56. The van der Waals surface area contributed by atoms with E-state index in [-0.39, 0.29) is 0 Å². The molecule has 3 heteroatoms. The van der Waals surface area contributed by atoms with Crippen molar-refractivity contribution in [2.45, 2.75) is 6.10 Å². The lowest BCUT2D eigenvalue weighted by atomic mass is 10.1. The maximum atomic E-state index is 9.20. The molecular formula is C9H9NO2. The standard InChI is InChI=1S/C9H9NO2/c1-12-9-5-3-2-4-7(9)8(11)6-10/h2-5,8,11H,1H3/t8-/m0/s1. The number of hydrogen-bond acceptors (Lipinski definition) is 3. The van der Waals surface area contributed by atoms with Gasteiger partial charge < -0.3 is 9.84 Å². The quantitative estimate of drug-likeness (QED) is 0.667. The van der Waals surface area contributed by atoms with Crippen molar-refractivity contribution in [3.8, 4) is 11.8 Å². The average Bonchev–Trinajstić information content (AvgIpc) is 2.16. The minimum absolute atomic E-state index is 0.502. The first-order valence-electron chi connectivity index (χ1n) is 3.50. The Bertz CT molecular complexity index is 304. The van der Waals surface area contributed by atoms with Crippen LogP contribution >= 0.6 is 0 Å². The van der Waals surface area contributed by atoms with Crippen LogP contribution in [0.3, 0.4) is 0 Å². The summed E-state index contributed by atoms with van der Waals surface area (Å²) in [6.45, 7) is 0. The maximum absolute atomic E-state index is 9.20. The lowest BCUT2D eigenvalue weighted by molar-refractivity contribution is 0.230. The van der Waals surface area contributed by atoms with Crippen molar-refractivity contribution in [1.29, 1.82) is 5.26 Å². The van der Waals surface area contributed by atoms with Gasteiger partial charge in [0.15, 0.2) is 6.10 Å². The molecule has 0 amide bonds. The number of para-hydroxylation sites is 1. The van der Waals surface area contributed by atoms with E-state index in [4.69, 9.17) is 10.00 Å². The van der Waals surface area contributed by atoms with Crippen LogP contribution in [-0.4, -0.2) is 12.2 Å². The topological polar surface area (TPSA) is 53.2 Å². The first-order chi connectivity index (χ1) is 5.79. The first-order valence-corrected chi connectivity index (χ1v) is 3.50. The van der Waals surface area contributed by atoms with E-state index in [0.717, 1.165) is 0 Å². The number of rotatable bonds is 2. The molecule has 0 aliphatic heterocycles. The highest BCUT2D eigenvalue weighted by molar-refractivity contribution is 5.37. The molecule has 0 spiro atoms. The van der Waals surface area contributed by atoms with E-state index in [9.17, 15) is 5.11 Å². The fourth-order valence-electron chi connectivity index (χ4n) is 0.962. The average molecular weight is 163 g/mol. The van der Waals surface area contributed by atoms with Crippen molar-refractivity contribution in [3.05, 3.63) is 29.8 Å². The Balaban J connectivity index is 3.06. The number of ether oxygens (including phenoxy) is 1. The molecule has 1 atom stereocenters. The molecule has 0 saturated heterocycles. The molecule has 0 bridgehead atoms. The molecule has 1 aromatic carbocycles. The van der Waals surface area contributed by atoms with E-state index in [1.165, 1.54) is 7.11 Å². The Hall–Kier alpha value is -1.53. The molecule has 12 heavy (non-hydrogen) atoms. The van der Waals surface area contributed by atoms with Crippen LogP contribution in [0.4, 0.5) is 0 Å². The Morgan fingerprint density at radius 2 is 2.17 bits per heavy atom. The number of nitriles is 1. The molecule has 0 saturated carbocycles. The van der Waals surface area contributed by atoms with Gasteiger partial charge in [0.1, 0.15) is 5.75 Å². The summed E-state index contributed by atoms with van der Waals surface area (Å²) in [6.07, 6.45) is -1.11. The largest absolute Gasteiger partial charge is 0.496 e. The number of nitrogens with zero attached hydrogens (tertiary/aromatic N) is 1. The van der Waals surface area contributed by atoms with E-state index in [1.54, 1.807) is 30.3 Å². The zero-order valence-electron chi connectivity index (χ0n) is 6.69. The van der Waals surface area contributed by atoms with Crippen LogP contribution in [0, 0.1) is 11.3 Å². The van der Waals surface area contributed by atoms with Crippen LogP contribution < -0.4 is 4.74 Å². The highest BCUT2D eigenvalue weighted by atomic mass is 16.5. The SMILES string of the molecule is COc1ccccc1[C@@H](O)C#N. The summed E-state index contributed by atoms with van der Waals surface area (Å²) in [7, 11) is 1.50. The van der Waals surface area contributed by atoms with E-state index in [2.05, 4.69) is 0 Å². The van der Waals surface area contributed by atoms with Crippen LogP contribution in [0.5, 0.6) is 5.75 Å². The predicted molar refractivity (Wildman–Crippen MR) is 43.6 cm³/mol. The van der Waals surface area contributed by atoms with Gasteiger partial charge in [0.05, 0.1) is 13.2 Å². The van der Waals surface area contributed by atoms with E-state index < -0.39 is 6.10 Å². The second-order valence-electron chi connectivity index (χ2n) is 2.27. The summed E-state index contributed by atoms with van der Waals surface area (Å²) in [5, 5.41) is 17.7. The van der Waals surface area contributed by atoms with E-state index in [0.29, 0.717) is 11.3 Å². The summed E-state index contributed by atoms with van der Waals surface area (Å²) in [5.41, 5.74) is 0.502. The van der Waals surface area contributed by atoms with Crippen LogP contribution in [-0.2, 0) is 0 Å². The summed E-state index contributed by atoms with van der Waals surface area (Å²) in [6, 6.07) is 8.63. The van der Waals surface area contributed by atoms with Crippen molar-refractivity contribution >= 4 is 0 Å². The van der Waals surface area contributed by atoms with Crippen LogP contribution in [0.15, 0.2) is 24.3 Å². The fraction of sp³-hybridized carbons (Fsp3) is 0.222. The first kappa shape index (κ1) is 8.57. The normalized spacial score (nSPS) is 11.8. The van der Waals surface area contributed by atoms with Gasteiger partial charge in [-0.3, -0.25) is 0 Å². The number of methoxy groups -OCH3 is 1. The summed E-state index contributed by atoms with van der Waals surface area (Å²) >= 11 is 0. The highest BCUT2D eigenvalue weighted by Crippen LogP contribution is 2.23. The third kappa shape index (κ3) is 1.55. The molecule has 62 valence electrons. The summed E-state index contributed by atoms with van der Waals surface area (Å²) in [4.78, 5) is 0. The molecule has 0 aromatic heterocycles. The van der Waals surface area contributed by atoms with Gasteiger partial charge in [-0.1, -0.05) is 18.2 Å². The second-order valence-corrected chi connectivity index (χ2v) is 2.27. The minimum atomic E-state index is -1.11. The van der Waals surface area contributed by atoms with Gasteiger partial charge in [-0.15, -0.1) is 0 Å². The maximum Gasteiger partial charge on any atom is 0.169 e. The highest BCUT2D eigenvalue weighted by Gasteiger charge is 2.10. The van der Waals surface area contributed by atoms with E-state index in [1.807, 2.05) is 0 Å². The third-order valence-electron chi connectivity index (χ3n) is 1.56. The van der Waals surface area contributed by atoms with E-state index >= 15 is 0 Å². The number of aliphatic hydroxyl groups is 1. The van der Waals surface area contributed by atoms with Gasteiger partial charge in [-0.2, -0.15) is 5.26 Å². The fourth-order valence-corrected chi connectivity index (χ4v) is 0.962. The number of aliphatic hydroxyl groups excluding tert-OH is 1. The van der Waals surface area contributed by atoms with Gasteiger partial charge in [-0.25, -0.2) is 0 Å². The summed E-state index contributed by atoms with van der Waals surface area (Å²) in [5.74, 6) is 0.534. The Morgan fingerprint density at radius 3 is 2.75 bits per heavy atom. The molecule has 0 heterocycles.